The van der Waals surface area contributed by atoms with Crippen LogP contribution >= 0.6 is 11.6 Å². The summed E-state index contributed by atoms with van der Waals surface area (Å²) in [4.78, 5) is 31.5. The average Bonchev–Trinajstić information content (AvgIpc) is 3.75. The van der Waals surface area contributed by atoms with Gasteiger partial charge in [-0.25, -0.2) is 4.79 Å². The topological polar surface area (TPSA) is 103 Å². The molecule has 12 rings (SSSR count). The van der Waals surface area contributed by atoms with Crippen molar-refractivity contribution in [3.05, 3.63) is 70.5 Å². The van der Waals surface area contributed by atoms with Crippen molar-refractivity contribution in [1.29, 1.82) is 0 Å². The van der Waals surface area contributed by atoms with Crippen molar-refractivity contribution in [2.45, 2.75) is 135 Å². The summed E-state index contributed by atoms with van der Waals surface area (Å²) < 4.78 is 47.4. The number of hydrogen-bond donors (Lipinski definition) is 3. The molecule has 0 aliphatic heterocycles. The van der Waals surface area contributed by atoms with Crippen LogP contribution in [0.15, 0.2) is 58.6 Å². The zero-order valence-electron chi connectivity index (χ0n) is 35.3. The Kier molecular flexibility index (Phi) is 9.19. The van der Waals surface area contributed by atoms with Gasteiger partial charge in [0, 0.05) is 40.0 Å². The monoisotopic (exact) mass is 848 g/mol. The molecule has 60 heavy (non-hydrogen) atoms. The standard InChI is InChI=1S/C49H60ClF3N2O5/c1-28(2)54-42(58)55(26-45-21-29-17-30(22-45)19-31(18-29)23-45)27-47(59)14-11-40-44(47,4)13-10-39-43(3)12-9-33(56)24-46(43)15-16-48(39,40)35(25-46)41(57)38-8-7-37(60-38)34-20-32(49(51,52)53)5-6-36(34)50/h5-8,15-16,20,25,28-31,33,39-40,56,59H,9-14,17-19,21-24,26-27H2,1-4H3,(H,54,58). The molecule has 10 aliphatic carbocycles. The second-order valence-corrected chi connectivity index (χ2v) is 22.3. The number of urea groups is 1. The Bertz CT molecular complexity index is 2140. The number of alkyl halides is 3. The van der Waals surface area contributed by atoms with Gasteiger partial charge in [-0.3, -0.25) is 4.79 Å². The first-order valence-electron chi connectivity index (χ1n) is 22.6. The van der Waals surface area contributed by atoms with Gasteiger partial charge in [-0.05, 0) is 168 Å². The summed E-state index contributed by atoms with van der Waals surface area (Å²) >= 11 is 6.43. The summed E-state index contributed by atoms with van der Waals surface area (Å²) in [6.07, 6.45) is 13.5. The van der Waals surface area contributed by atoms with Crippen molar-refractivity contribution >= 4 is 23.4 Å². The molecule has 0 radical (unpaired) electrons. The second-order valence-electron chi connectivity index (χ2n) is 21.9. The summed E-state index contributed by atoms with van der Waals surface area (Å²) in [5.41, 5.74) is -3.64. The number of halogens is 4. The van der Waals surface area contributed by atoms with Gasteiger partial charge >= 0.3 is 12.2 Å². The van der Waals surface area contributed by atoms with Crippen LogP contribution in [0.4, 0.5) is 18.0 Å². The van der Waals surface area contributed by atoms with E-state index in [9.17, 15) is 28.2 Å². The van der Waals surface area contributed by atoms with E-state index >= 15 is 4.79 Å². The molecular formula is C49H60ClF3N2O5. The maximum absolute atomic E-state index is 15.2. The summed E-state index contributed by atoms with van der Waals surface area (Å²) in [6.45, 7) is 9.35. The first-order chi connectivity index (χ1) is 28.2. The van der Waals surface area contributed by atoms with Gasteiger partial charge in [-0.15, -0.1) is 0 Å². The van der Waals surface area contributed by atoms with E-state index in [2.05, 4.69) is 37.4 Å². The Morgan fingerprint density at radius 1 is 0.900 bits per heavy atom. The third kappa shape index (κ3) is 5.87. The predicted octanol–water partition coefficient (Wildman–Crippen LogP) is 11.0. The largest absolute Gasteiger partial charge is 0.453 e. The van der Waals surface area contributed by atoms with Crippen LogP contribution in [0.3, 0.4) is 0 Å². The van der Waals surface area contributed by atoms with Crippen LogP contribution in [0.1, 0.15) is 127 Å². The number of aliphatic hydroxyl groups is 2. The van der Waals surface area contributed by atoms with Gasteiger partial charge in [0.05, 0.1) is 28.8 Å². The molecule has 1 aromatic heterocycles. The number of Topliss-reactive ketones (excluding diaryl/α,β-unsaturated/α-hetero) is 1. The molecule has 10 aliphatic rings. The van der Waals surface area contributed by atoms with Crippen LogP contribution in [0.5, 0.6) is 0 Å². The second kappa shape index (κ2) is 13.5. The lowest BCUT2D eigenvalue weighted by atomic mass is 9.32. The quantitative estimate of drug-likeness (QED) is 0.181. The molecule has 7 saturated carbocycles. The zero-order chi connectivity index (χ0) is 42.4. The van der Waals surface area contributed by atoms with E-state index in [-0.39, 0.29) is 69.2 Å². The van der Waals surface area contributed by atoms with Crippen molar-refractivity contribution < 1.29 is 37.4 Å². The summed E-state index contributed by atoms with van der Waals surface area (Å²) in [5.74, 6) is 1.82. The minimum Gasteiger partial charge on any atom is -0.453 e. The smallest absolute Gasteiger partial charge is 0.416 e. The van der Waals surface area contributed by atoms with E-state index in [1.807, 2.05) is 18.7 Å². The van der Waals surface area contributed by atoms with E-state index in [4.69, 9.17) is 16.0 Å². The van der Waals surface area contributed by atoms with Crippen molar-refractivity contribution in [3.63, 3.8) is 0 Å². The summed E-state index contributed by atoms with van der Waals surface area (Å²) in [5, 5.41) is 27.8. The number of benzene rings is 1. The Labute approximate surface area is 356 Å². The third-order valence-electron chi connectivity index (χ3n) is 18.2. The molecule has 1 heterocycles. The summed E-state index contributed by atoms with van der Waals surface area (Å²) in [6, 6.07) is 5.93. The lowest BCUT2D eigenvalue weighted by molar-refractivity contribution is -0.176. The fourth-order valence-corrected chi connectivity index (χ4v) is 16.2. The van der Waals surface area contributed by atoms with Gasteiger partial charge in [0.25, 0.3) is 0 Å². The fourth-order valence-electron chi connectivity index (χ4n) is 16.0. The number of nitrogens with one attached hydrogen (secondary N) is 1. The summed E-state index contributed by atoms with van der Waals surface area (Å²) in [7, 11) is 0. The van der Waals surface area contributed by atoms with E-state index in [1.54, 1.807) is 0 Å². The predicted molar refractivity (Wildman–Crippen MR) is 223 cm³/mol. The minimum atomic E-state index is -4.59. The molecule has 2 amide bonds. The van der Waals surface area contributed by atoms with Gasteiger partial charge in [-0.2, -0.15) is 13.2 Å². The molecule has 7 fully saturated rings. The van der Waals surface area contributed by atoms with E-state index in [1.165, 1.54) is 37.5 Å². The highest BCUT2D eigenvalue weighted by atomic mass is 35.5. The molecule has 8 atom stereocenters. The van der Waals surface area contributed by atoms with Gasteiger partial charge in [0.2, 0.25) is 5.78 Å². The highest BCUT2D eigenvalue weighted by molar-refractivity contribution is 6.33. The maximum Gasteiger partial charge on any atom is 0.416 e. The van der Waals surface area contributed by atoms with Crippen LogP contribution in [0, 0.1) is 56.7 Å². The van der Waals surface area contributed by atoms with Gasteiger partial charge in [0.1, 0.15) is 5.76 Å². The number of amides is 2. The van der Waals surface area contributed by atoms with E-state index < -0.39 is 39.7 Å². The van der Waals surface area contributed by atoms with Crippen LogP contribution < -0.4 is 5.32 Å². The molecule has 324 valence electrons. The zero-order valence-corrected chi connectivity index (χ0v) is 36.1. The number of hydrogen-bond acceptors (Lipinski definition) is 5. The number of nitrogens with zero attached hydrogens (tertiary/aromatic N) is 1. The molecule has 2 aromatic rings. The number of carbonyl (C=O) groups excluding carboxylic acids is 2. The average molecular weight is 849 g/mol. The van der Waals surface area contributed by atoms with Gasteiger partial charge < -0.3 is 24.8 Å². The van der Waals surface area contributed by atoms with Gasteiger partial charge in [0.15, 0.2) is 5.76 Å². The Morgan fingerprint density at radius 2 is 1.55 bits per heavy atom. The van der Waals surface area contributed by atoms with Crippen LogP contribution in [0.25, 0.3) is 11.3 Å². The Hall–Kier alpha value is -3.08. The number of rotatable bonds is 8. The fraction of sp³-hybridized carbons (Fsp3) is 0.673. The number of ketones is 1. The van der Waals surface area contributed by atoms with Crippen molar-refractivity contribution in [1.82, 2.24) is 10.2 Å². The highest BCUT2D eigenvalue weighted by Crippen LogP contribution is 2.78. The molecule has 3 N–H and O–H groups in total. The van der Waals surface area contributed by atoms with Crippen LogP contribution in [-0.2, 0) is 6.18 Å². The van der Waals surface area contributed by atoms with Crippen LogP contribution in [-0.4, -0.2) is 57.8 Å². The number of carbonyl (C=O) groups is 2. The number of aliphatic hydroxyl groups excluding tert-OH is 1. The van der Waals surface area contributed by atoms with Crippen molar-refractivity contribution in [2.75, 3.05) is 13.1 Å². The van der Waals surface area contributed by atoms with Crippen LogP contribution in [0.2, 0.25) is 5.02 Å². The maximum atomic E-state index is 15.2. The molecular weight excluding hydrogens is 789 g/mol. The molecule has 7 nitrogen and oxygen atoms in total. The Morgan fingerprint density at radius 3 is 2.22 bits per heavy atom. The first-order valence-corrected chi connectivity index (χ1v) is 23.0. The SMILES string of the molecule is CC(C)NC(=O)N(CC12CC3CC(CC(C3)C1)C2)CC1(O)CCC2C34C=CC5(C=C3C(=O)c3ccc(-c6cc(C(F)(F)F)ccc6Cl)o3)CC(O)CCC5(C)C4CCC21C. The molecule has 8 unspecified atom stereocenters. The van der Waals surface area contributed by atoms with Crippen molar-refractivity contribution in [3.8, 4) is 11.3 Å². The lowest BCUT2D eigenvalue weighted by Crippen LogP contribution is -2.67. The van der Waals surface area contributed by atoms with E-state index in [0.29, 0.717) is 37.8 Å². The first kappa shape index (κ1) is 41.0. The van der Waals surface area contributed by atoms with E-state index in [0.717, 1.165) is 68.4 Å². The van der Waals surface area contributed by atoms with Crippen molar-refractivity contribution in [2.24, 2.45) is 56.7 Å². The minimum absolute atomic E-state index is 0.0147. The Balaban J connectivity index is 1.02. The molecule has 11 heteroatoms. The molecule has 0 saturated heterocycles. The number of fused-ring (bicyclic) bond motifs is 1. The number of furan rings is 1. The number of allylic oxidation sites excluding steroid dienone is 4. The third-order valence-corrected chi connectivity index (χ3v) is 18.5. The highest BCUT2D eigenvalue weighted by Gasteiger charge is 2.75. The normalized spacial score (nSPS) is 42.1. The molecule has 1 aromatic carbocycles. The van der Waals surface area contributed by atoms with Gasteiger partial charge in [-0.1, -0.05) is 43.7 Å². The molecule has 6 bridgehead atoms. The molecule has 2 spiro atoms. The lowest BCUT2D eigenvalue weighted by Gasteiger charge is -2.71.